The van der Waals surface area contributed by atoms with E-state index in [0.29, 0.717) is 17.1 Å². The van der Waals surface area contributed by atoms with Crippen LogP contribution in [0.4, 0.5) is 5.95 Å². The molecule has 0 aliphatic rings. The Kier molecular flexibility index (Phi) is 6.08. The van der Waals surface area contributed by atoms with Crippen LogP contribution in [0.1, 0.15) is 5.69 Å². The first-order chi connectivity index (χ1) is 13.9. The molecule has 150 valence electrons. The van der Waals surface area contributed by atoms with Crippen molar-refractivity contribution >= 4 is 21.9 Å². The van der Waals surface area contributed by atoms with E-state index in [1.165, 1.54) is 14.2 Å². The third kappa shape index (κ3) is 4.88. The Labute approximate surface area is 169 Å². The average molecular weight is 411 g/mol. The van der Waals surface area contributed by atoms with Crippen molar-refractivity contribution in [3.05, 3.63) is 66.4 Å². The largest absolute Gasteiger partial charge is 0.481 e. The number of guanidine groups is 1. The zero-order valence-corrected chi connectivity index (χ0v) is 17.1. The molecule has 9 heteroatoms. The van der Waals surface area contributed by atoms with Gasteiger partial charge in [-0.15, -0.1) is 0 Å². The van der Waals surface area contributed by atoms with Crippen LogP contribution in [0.5, 0.6) is 5.88 Å². The van der Waals surface area contributed by atoms with Gasteiger partial charge >= 0.3 is 0 Å². The first-order valence-corrected chi connectivity index (χ1v) is 10.2. The van der Waals surface area contributed by atoms with E-state index in [4.69, 9.17) is 4.74 Å². The maximum atomic E-state index is 13.1. The van der Waals surface area contributed by atoms with Gasteiger partial charge in [0.1, 0.15) is 0 Å². The van der Waals surface area contributed by atoms with Gasteiger partial charge in [0.2, 0.25) is 17.8 Å². The number of ether oxygens (including phenoxy) is 1. The molecule has 0 spiro atoms. The first kappa shape index (κ1) is 20.3. The number of nitrogens with zero attached hydrogens (tertiary/aromatic N) is 3. The normalized spacial score (nSPS) is 11.8. The molecule has 0 unspecified atom stereocenters. The fourth-order valence-electron chi connectivity index (χ4n) is 2.67. The van der Waals surface area contributed by atoms with Gasteiger partial charge in [-0.2, -0.15) is 4.98 Å². The SMILES string of the molecule is C/N=C(/Nc1nc(C)cc(OC)n1)NS(=O)(=O)c1ccccc1-c1ccccc1. The summed E-state index contributed by atoms with van der Waals surface area (Å²) in [5, 5.41) is 2.79. The van der Waals surface area contributed by atoms with E-state index in [9.17, 15) is 8.42 Å². The fourth-order valence-corrected chi connectivity index (χ4v) is 3.91. The van der Waals surface area contributed by atoms with Crippen LogP contribution in [0.2, 0.25) is 0 Å². The summed E-state index contributed by atoms with van der Waals surface area (Å²) in [6.45, 7) is 1.78. The molecule has 0 atom stereocenters. The Bertz CT molecular complexity index is 1130. The van der Waals surface area contributed by atoms with Crippen molar-refractivity contribution in [1.82, 2.24) is 14.7 Å². The number of sulfonamides is 1. The average Bonchev–Trinajstić information content (AvgIpc) is 2.73. The molecule has 0 amide bonds. The summed E-state index contributed by atoms with van der Waals surface area (Å²) < 4.78 is 33.7. The molecule has 0 fully saturated rings. The molecule has 0 aliphatic heterocycles. The second kappa shape index (κ2) is 8.70. The summed E-state index contributed by atoms with van der Waals surface area (Å²) in [5.74, 6) is 0.509. The Morgan fingerprint density at radius 2 is 1.72 bits per heavy atom. The standard InChI is InChI=1S/C20H21N5O3S/c1-14-13-18(28-3)23-20(22-14)24-19(21-2)25-29(26,27)17-12-8-7-11-16(17)15-9-5-4-6-10-15/h4-13H,1-3H3,(H2,21,22,23,24,25). The van der Waals surface area contributed by atoms with Crippen LogP contribution in [-0.2, 0) is 10.0 Å². The van der Waals surface area contributed by atoms with Crippen molar-refractivity contribution in [2.75, 3.05) is 19.5 Å². The first-order valence-electron chi connectivity index (χ1n) is 8.73. The summed E-state index contributed by atoms with van der Waals surface area (Å²) in [7, 11) is -0.977. The van der Waals surface area contributed by atoms with Gasteiger partial charge in [-0.05, 0) is 18.6 Å². The number of benzene rings is 2. The van der Waals surface area contributed by atoms with Crippen LogP contribution in [0, 0.1) is 6.92 Å². The molecule has 0 saturated heterocycles. The smallest absolute Gasteiger partial charge is 0.264 e. The Hall–Kier alpha value is -3.46. The summed E-state index contributed by atoms with van der Waals surface area (Å²) in [4.78, 5) is 12.5. The van der Waals surface area contributed by atoms with Gasteiger partial charge in [-0.3, -0.25) is 10.3 Å². The van der Waals surface area contributed by atoms with Gasteiger partial charge in [0, 0.05) is 24.4 Å². The molecule has 1 heterocycles. The van der Waals surface area contributed by atoms with E-state index in [1.54, 1.807) is 37.3 Å². The van der Waals surface area contributed by atoms with Gasteiger partial charge in [0.05, 0.1) is 12.0 Å². The summed E-state index contributed by atoms with van der Waals surface area (Å²) in [6.07, 6.45) is 0. The molecular weight excluding hydrogens is 390 g/mol. The monoisotopic (exact) mass is 411 g/mol. The van der Waals surface area contributed by atoms with Crippen molar-refractivity contribution in [1.29, 1.82) is 0 Å². The predicted octanol–water partition coefficient (Wildman–Crippen LogP) is 2.84. The molecule has 0 bridgehead atoms. The molecule has 3 aromatic rings. The van der Waals surface area contributed by atoms with Gasteiger partial charge < -0.3 is 4.74 Å². The van der Waals surface area contributed by atoms with E-state index >= 15 is 0 Å². The molecule has 8 nitrogen and oxygen atoms in total. The van der Waals surface area contributed by atoms with E-state index in [1.807, 2.05) is 30.3 Å². The maximum Gasteiger partial charge on any atom is 0.264 e. The molecule has 0 aliphatic carbocycles. The number of hydrogen-bond acceptors (Lipinski definition) is 6. The Balaban J connectivity index is 1.90. The molecule has 0 saturated carbocycles. The summed E-state index contributed by atoms with van der Waals surface area (Å²) in [6, 6.07) is 17.7. The molecule has 29 heavy (non-hydrogen) atoms. The lowest BCUT2D eigenvalue weighted by Gasteiger charge is -2.14. The predicted molar refractivity (Wildman–Crippen MR) is 113 cm³/mol. The molecule has 1 aromatic heterocycles. The Morgan fingerprint density at radius 3 is 2.41 bits per heavy atom. The lowest BCUT2D eigenvalue weighted by Crippen LogP contribution is -2.36. The second-order valence-electron chi connectivity index (χ2n) is 6.04. The number of aryl methyl sites for hydroxylation is 1. The molecule has 2 aromatic carbocycles. The van der Waals surface area contributed by atoms with Crippen molar-refractivity contribution in [3.63, 3.8) is 0 Å². The van der Waals surface area contributed by atoms with Crippen molar-refractivity contribution in [2.45, 2.75) is 11.8 Å². The number of rotatable bonds is 5. The highest BCUT2D eigenvalue weighted by Gasteiger charge is 2.21. The fraction of sp³-hybridized carbons (Fsp3) is 0.150. The van der Waals surface area contributed by atoms with Gasteiger partial charge in [-0.25, -0.2) is 18.1 Å². The van der Waals surface area contributed by atoms with Crippen molar-refractivity contribution < 1.29 is 13.2 Å². The number of methoxy groups -OCH3 is 1. The van der Waals surface area contributed by atoms with E-state index in [0.717, 1.165) is 5.56 Å². The van der Waals surface area contributed by atoms with Crippen molar-refractivity contribution in [3.8, 4) is 17.0 Å². The number of hydrogen-bond donors (Lipinski definition) is 2. The highest BCUT2D eigenvalue weighted by molar-refractivity contribution is 7.90. The number of anilines is 1. The minimum atomic E-state index is -3.93. The molecule has 2 N–H and O–H groups in total. The van der Waals surface area contributed by atoms with Crippen LogP contribution in [0.15, 0.2) is 70.6 Å². The molecule has 3 rings (SSSR count). The number of aromatic nitrogens is 2. The van der Waals surface area contributed by atoms with E-state index in [2.05, 4.69) is 25.0 Å². The number of aliphatic imine (C=N–C) groups is 1. The zero-order valence-electron chi connectivity index (χ0n) is 16.2. The molecule has 0 radical (unpaired) electrons. The minimum Gasteiger partial charge on any atom is -0.481 e. The van der Waals surface area contributed by atoms with E-state index < -0.39 is 10.0 Å². The lowest BCUT2D eigenvalue weighted by atomic mass is 10.1. The minimum absolute atomic E-state index is 0.0134. The Morgan fingerprint density at radius 1 is 1.03 bits per heavy atom. The molecular formula is C20H21N5O3S. The van der Waals surface area contributed by atoms with Gasteiger partial charge in [0.15, 0.2) is 0 Å². The third-order valence-electron chi connectivity index (χ3n) is 3.99. The van der Waals surface area contributed by atoms with Crippen LogP contribution < -0.4 is 14.8 Å². The highest BCUT2D eigenvalue weighted by Crippen LogP contribution is 2.26. The van der Waals surface area contributed by atoms with Crippen molar-refractivity contribution in [2.24, 2.45) is 4.99 Å². The van der Waals surface area contributed by atoms with Gasteiger partial charge in [0.25, 0.3) is 10.0 Å². The topological polar surface area (TPSA) is 106 Å². The third-order valence-corrected chi connectivity index (χ3v) is 5.38. The van der Waals surface area contributed by atoms with E-state index in [-0.39, 0.29) is 16.8 Å². The quantitative estimate of drug-likeness (QED) is 0.494. The number of nitrogens with one attached hydrogen (secondary N) is 2. The maximum absolute atomic E-state index is 13.1. The van der Waals surface area contributed by atoms with Gasteiger partial charge in [-0.1, -0.05) is 48.5 Å². The van der Waals surface area contributed by atoms with Crippen LogP contribution in [0.3, 0.4) is 0 Å². The zero-order chi connectivity index (χ0) is 20.9. The second-order valence-corrected chi connectivity index (χ2v) is 7.69. The lowest BCUT2D eigenvalue weighted by molar-refractivity contribution is 0.397. The van der Waals surface area contributed by atoms with Crippen LogP contribution in [-0.4, -0.2) is 38.5 Å². The summed E-state index contributed by atoms with van der Waals surface area (Å²) in [5.41, 5.74) is 2.04. The van der Waals surface area contributed by atoms with Crippen LogP contribution >= 0.6 is 0 Å². The highest BCUT2D eigenvalue weighted by atomic mass is 32.2. The van der Waals surface area contributed by atoms with Crippen LogP contribution in [0.25, 0.3) is 11.1 Å². The summed E-state index contributed by atoms with van der Waals surface area (Å²) >= 11 is 0.